The molecule has 0 aliphatic rings. The molecule has 0 heterocycles. The Morgan fingerprint density at radius 3 is 1.81 bits per heavy atom. The molecule has 7 heteroatoms. The van der Waals surface area contributed by atoms with Gasteiger partial charge >= 0.3 is 5.97 Å². The van der Waals surface area contributed by atoms with Crippen LogP contribution in [-0.4, -0.2) is 30.7 Å². The standard InChI is InChI=1S/C25H42O6S/c1-2-3-4-5-6-7-8-9-10-11-12-13-14-15-20-31-24-18-17-23(32(28,29)30)21-22(24)16-19-25(26)27/h17-18,21H,2-16,19-20H2,1H3,(H,26,27)(H,28,29,30). The summed E-state index contributed by atoms with van der Waals surface area (Å²) in [5, 5.41) is 8.90. The van der Waals surface area contributed by atoms with E-state index in [1.807, 2.05) is 0 Å². The topological polar surface area (TPSA) is 101 Å². The molecular formula is C25H42O6S. The number of carbonyl (C=O) groups is 1. The second-order valence-electron chi connectivity index (χ2n) is 8.58. The van der Waals surface area contributed by atoms with Crippen LogP contribution in [0.3, 0.4) is 0 Å². The van der Waals surface area contributed by atoms with Crippen LogP contribution in [0.2, 0.25) is 0 Å². The molecule has 0 unspecified atom stereocenters. The van der Waals surface area contributed by atoms with Crippen molar-refractivity contribution in [1.29, 1.82) is 0 Å². The molecule has 2 N–H and O–H groups in total. The third-order valence-corrected chi connectivity index (χ3v) is 6.54. The maximum atomic E-state index is 11.3. The lowest BCUT2D eigenvalue weighted by atomic mass is 10.0. The Labute approximate surface area is 194 Å². The van der Waals surface area contributed by atoms with Gasteiger partial charge in [-0.3, -0.25) is 9.35 Å². The van der Waals surface area contributed by atoms with Crippen molar-refractivity contribution in [2.24, 2.45) is 0 Å². The number of rotatable bonds is 20. The first kappa shape index (κ1) is 28.4. The number of aryl methyl sites for hydroxylation is 1. The maximum Gasteiger partial charge on any atom is 0.303 e. The Kier molecular flexibility index (Phi) is 15.1. The smallest absolute Gasteiger partial charge is 0.303 e. The Morgan fingerprint density at radius 2 is 1.34 bits per heavy atom. The summed E-state index contributed by atoms with van der Waals surface area (Å²) in [5.74, 6) is -0.492. The van der Waals surface area contributed by atoms with E-state index >= 15 is 0 Å². The molecular weight excluding hydrogens is 428 g/mol. The predicted octanol–water partition coefficient (Wildman–Crippen LogP) is 6.81. The summed E-state index contributed by atoms with van der Waals surface area (Å²) in [4.78, 5) is 10.6. The van der Waals surface area contributed by atoms with Gasteiger partial charge in [0.25, 0.3) is 10.1 Å². The Bertz CT molecular complexity index is 745. The summed E-state index contributed by atoms with van der Waals surface area (Å²) in [6.45, 7) is 2.75. The Morgan fingerprint density at radius 1 is 0.844 bits per heavy atom. The van der Waals surface area contributed by atoms with Gasteiger partial charge in [0, 0.05) is 6.42 Å². The summed E-state index contributed by atoms with van der Waals surface area (Å²) in [7, 11) is -4.33. The molecule has 1 rings (SSSR count). The molecule has 0 spiro atoms. The van der Waals surface area contributed by atoms with Crippen LogP contribution in [0.4, 0.5) is 0 Å². The van der Waals surface area contributed by atoms with Gasteiger partial charge in [-0.05, 0) is 36.6 Å². The highest BCUT2D eigenvalue weighted by atomic mass is 32.2. The molecule has 0 aliphatic carbocycles. The highest BCUT2D eigenvalue weighted by molar-refractivity contribution is 7.85. The van der Waals surface area contributed by atoms with Gasteiger partial charge in [0.05, 0.1) is 11.5 Å². The molecule has 0 aromatic heterocycles. The monoisotopic (exact) mass is 470 g/mol. The molecule has 0 saturated carbocycles. The molecule has 6 nitrogen and oxygen atoms in total. The van der Waals surface area contributed by atoms with E-state index in [0.717, 1.165) is 12.8 Å². The van der Waals surface area contributed by atoms with Gasteiger partial charge in [-0.1, -0.05) is 90.4 Å². The van der Waals surface area contributed by atoms with Crippen molar-refractivity contribution >= 4 is 16.1 Å². The number of benzene rings is 1. The number of carboxylic acids is 1. The minimum absolute atomic E-state index is 0.135. The average molecular weight is 471 g/mol. The summed E-state index contributed by atoms with van der Waals surface area (Å²) in [6, 6.07) is 4.06. The highest BCUT2D eigenvalue weighted by Crippen LogP contribution is 2.24. The number of unbranched alkanes of at least 4 members (excludes halogenated alkanes) is 13. The summed E-state index contributed by atoms with van der Waals surface area (Å²) in [6.07, 6.45) is 17.9. The molecule has 1 aromatic rings. The normalized spacial score (nSPS) is 11.6. The molecule has 0 amide bonds. The SMILES string of the molecule is CCCCCCCCCCCCCCCCOc1ccc(S(=O)(=O)O)cc1CCC(=O)O. The lowest BCUT2D eigenvalue weighted by Crippen LogP contribution is -2.05. The third kappa shape index (κ3) is 13.7. The molecule has 1 aromatic carbocycles. The molecule has 0 radical (unpaired) electrons. The van der Waals surface area contributed by atoms with Crippen LogP contribution in [0.15, 0.2) is 23.1 Å². The van der Waals surface area contributed by atoms with Crippen LogP contribution in [0.25, 0.3) is 0 Å². The van der Waals surface area contributed by atoms with Gasteiger partial charge in [0.15, 0.2) is 0 Å². The van der Waals surface area contributed by atoms with Crippen LogP contribution in [0.1, 0.15) is 109 Å². The lowest BCUT2D eigenvalue weighted by molar-refractivity contribution is -0.136. The van der Waals surface area contributed by atoms with Crippen LogP contribution < -0.4 is 4.74 Å². The lowest BCUT2D eigenvalue weighted by Gasteiger charge is -2.12. The van der Waals surface area contributed by atoms with E-state index in [1.54, 1.807) is 0 Å². The third-order valence-electron chi connectivity index (χ3n) is 5.69. The first-order valence-corrected chi connectivity index (χ1v) is 13.7. The fourth-order valence-corrected chi connectivity index (χ4v) is 4.30. The van der Waals surface area contributed by atoms with E-state index in [9.17, 15) is 17.8 Å². The van der Waals surface area contributed by atoms with E-state index in [1.165, 1.54) is 95.2 Å². The Hall–Kier alpha value is -1.60. The number of hydrogen-bond acceptors (Lipinski definition) is 4. The van der Waals surface area contributed by atoms with Gasteiger partial charge in [0.1, 0.15) is 5.75 Å². The van der Waals surface area contributed by atoms with Crippen LogP contribution >= 0.6 is 0 Å². The molecule has 0 fully saturated rings. The molecule has 184 valence electrons. The van der Waals surface area contributed by atoms with Crippen molar-refractivity contribution in [3.63, 3.8) is 0 Å². The van der Waals surface area contributed by atoms with Crippen LogP contribution in [-0.2, 0) is 21.3 Å². The van der Waals surface area contributed by atoms with Gasteiger partial charge < -0.3 is 9.84 Å². The fraction of sp³-hybridized carbons (Fsp3) is 0.720. The fourth-order valence-electron chi connectivity index (χ4n) is 3.77. The van der Waals surface area contributed by atoms with E-state index in [-0.39, 0.29) is 17.7 Å². The quantitative estimate of drug-likeness (QED) is 0.160. The minimum atomic E-state index is -4.33. The number of hydrogen-bond donors (Lipinski definition) is 2. The Balaban J connectivity index is 2.17. The van der Waals surface area contributed by atoms with Crippen molar-refractivity contribution in [1.82, 2.24) is 0 Å². The van der Waals surface area contributed by atoms with Crippen molar-refractivity contribution in [2.75, 3.05) is 6.61 Å². The van der Waals surface area contributed by atoms with E-state index < -0.39 is 16.1 Å². The molecule has 0 atom stereocenters. The van der Waals surface area contributed by atoms with Gasteiger partial charge in [0.2, 0.25) is 0 Å². The summed E-state index contributed by atoms with van der Waals surface area (Å²) in [5.41, 5.74) is 0.480. The largest absolute Gasteiger partial charge is 0.493 e. The van der Waals surface area contributed by atoms with E-state index in [2.05, 4.69) is 6.92 Å². The van der Waals surface area contributed by atoms with Crippen LogP contribution in [0.5, 0.6) is 5.75 Å². The van der Waals surface area contributed by atoms with Gasteiger partial charge in [-0.2, -0.15) is 8.42 Å². The predicted molar refractivity (Wildman–Crippen MR) is 128 cm³/mol. The zero-order valence-electron chi connectivity index (χ0n) is 19.7. The second-order valence-corrected chi connectivity index (χ2v) is 10.0. The van der Waals surface area contributed by atoms with Gasteiger partial charge in [-0.25, -0.2) is 0 Å². The van der Waals surface area contributed by atoms with Crippen molar-refractivity contribution in [2.45, 2.75) is 115 Å². The van der Waals surface area contributed by atoms with Gasteiger partial charge in [-0.15, -0.1) is 0 Å². The zero-order chi connectivity index (χ0) is 23.7. The molecule has 0 saturated heterocycles. The first-order chi connectivity index (χ1) is 15.3. The number of carboxylic acid groups (broad SMARTS) is 1. The minimum Gasteiger partial charge on any atom is -0.493 e. The van der Waals surface area contributed by atoms with Crippen molar-refractivity contribution in [3.8, 4) is 5.75 Å². The second kappa shape index (κ2) is 17.0. The highest BCUT2D eigenvalue weighted by Gasteiger charge is 2.14. The summed E-state index contributed by atoms with van der Waals surface area (Å²) < 4.78 is 37.7. The van der Waals surface area contributed by atoms with E-state index in [0.29, 0.717) is 17.9 Å². The average Bonchev–Trinajstić information content (AvgIpc) is 2.74. The van der Waals surface area contributed by atoms with Crippen LogP contribution in [0, 0.1) is 0 Å². The maximum absolute atomic E-state index is 11.3. The van der Waals surface area contributed by atoms with E-state index in [4.69, 9.17) is 9.84 Å². The number of aliphatic carboxylic acids is 1. The summed E-state index contributed by atoms with van der Waals surface area (Å²) >= 11 is 0. The molecule has 0 aliphatic heterocycles. The molecule has 0 bridgehead atoms. The van der Waals surface area contributed by atoms with Crippen molar-refractivity contribution in [3.05, 3.63) is 23.8 Å². The molecule has 32 heavy (non-hydrogen) atoms. The zero-order valence-corrected chi connectivity index (χ0v) is 20.5. The number of ether oxygens (including phenoxy) is 1. The first-order valence-electron chi connectivity index (χ1n) is 12.3. The van der Waals surface area contributed by atoms with Crippen molar-refractivity contribution < 1.29 is 27.6 Å².